The zero-order chi connectivity index (χ0) is 14.7. The molecule has 110 valence electrons. The summed E-state index contributed by atoms with van der Waals surface area (Å²) in [6, 6.07) is 10.7. The molecule has 4 nitrogen and oxygen atoms in total. The molecule has 0 spiro atoms. The van der Waals surface area contributed by atoms with Crippen molar-refractivity contribution in [1.82, 2.24) is 4.98 Å². The Morgan fingerprint density at radius 2 is 2.10 bits per heavy atom. The second-order valence-electron chi connectivity index (χ2n) is 5.29. The zero-order valence-corrected chi connectivity index (χ0v) is 12.3. The molecule has 2 aromatic rings. The molecule has 0 saturated carbocycles. The molecule has 1 aliphatic rings. The Labute approximate surface area is 125 Å². The molecule has 2 heterocycles. The third-order valence-electron chi connectivity index (χ3n) is 3.97. The van der Waals surface area contributed by atoms with Gasteiger partial charge in [0.15, 0.2) is 0 Å². The lowest BCUT2D eigenvalue weighted by molar-refractivity contribution is 0.342. The largest absolute Gasteiger partial charge is 0.492 e. The molecule has 0 aliphatic carbocycles. The van der Waals surface area contributed by atoms with E-state index >= 15 is 0 Å². The van der Waals surface area contributed by atoms with Gasteiger partial charge in [0.1, 0.15) is 5.75 Å². The first-order valence-corrected chi connectivity index (χ1v) is 7.48. The number of hydrogen-bond donors (Lipinski definition) is 1. The topological polar surface area (TPSA) is 51.4 Å². The molecule has 0 radical (unpaired) electrons. The van der Waals surface area contributed by atoms with Crippen LogP contribution in [0, 0.1) is 0 Å². The van der Waals surface area contributed by atoms with Crippen molar-refractivity contribution in [3.63, 3.8) is 0 Å². The predicted molar refractivity (Wildman–Crippen MR) is 85.6 cm³/mol. The van der Waals surface area contributed by atoms with Crippen LogP contribution in [0.3, 0.4) is 0 Å². The summed E-state index contributed by atoms with van der Waals surface area (Å²) in [5, 5.41) is 0. The maximum absolute atomic E-state index is 5.97. The molecule has 3 rings (SSSR count). The molecule has 4 heteroatoms. The van der Waals surface area contributed by atoms with E-state index in [4.69, 9.17) is 10.5 Å². The number of nitrogen functional groups attached to an aromatic ring is 1. The first-order chi connectivity index (χ1) is 10.3. The van der Waals surface area contributed by atoms with Gasteiger partial charge in [-0.15, -0.1) is 0 Å². The Morgan fingerprint density at radius 3 is 2.86 bits per heavy atom. The smallest absolute Gasteiger partial charge is 0.144 e. The van der Waals surface area contributed by atoms with E-state index in [1.807, 2.05) is 25.4 Å². The number of anilines is 2. The number of nitrogens with two attached hydrogens (primary N) is 1. The van der Waals surface area contributed by atoms with E-state index in [-0.39, 0.29) is 0 Å². The van der Waals surface area contributed by atoms with Gasteiger partial charge in [0.05, 0.1) is 18.3 Å². The van der Waals surface area contributed by atoms with E-state index in [2.05, 4.69) is 34.1 Å². The van der Waals surface area contributed by atoms with Gasteiger partial charge < -0.3 is 15.4 Å². The molecule has 21 heavy (non-hydrogen) atoms. The van der Waals surface area contributed by atoms with Gasteiger partial charge in [-0.2, -0.15) is 0 Å². The lowest BCUT2D eigenvalue weighted by Gasteiger charge is -2.27. The van der Waals surface area contributed by atoms with Crippen molar-refractivity contribution in [2.24, 2.45) is 0 Å². The maximum atomic E-state index is 5.97. The van der Waals surface area contributed by atoms with Gasteiger partial charge in [-0.25, -0.2) is 0 Å². The molecule has 1 unspecified atom stereocenters. The molecule has 1 fully saturated rings. The number of hydrogen-bond acceptors (Lipinski definition) is 4. The number of benzene rings is 1. The third kappa shape index (κ3) is 2.79. The molecular weight excluding hydrogens is 262 g/mol. The molecule has 1 aliphatic heterocycles. The van der Waals surface area contributed by atoms with E-state index in [1.165, 1.54) is 24.1 Å². The van der Waals surface area contributed by atoms with Gasteiger partial charge in [0, 0.05) is 30.7 Å². The van der Waals surface area contributed by atoms with E-state index in [0.29, 0.717) is 18.3 Å². The van der Waals surface area contributed by atoms with Crippen LogP contribution < -0.4 is 15.4 Å². The number of pyridine rings is 1. The van der Waals surface area contributed by atoms with Gasteiger partial charge in [-0.3, -0.25) is 4.98 Å². The fourth-order valence-electron chi connectivity index (χ4n) is 2.99. The van der Waals surface area contributed by atoms with Crippen molar-refractivity contribution in [1.29, 1.82) is 0 Å². The van der Waals surface area contributed by atoms with Crippen LogP contribution in [-0.2, 0) is 0 Å². The molecular formula is C17H21N3O. The first-order valence-electron chi connectivity index (χ1n) is 7.48. The van der Waals surface area contributed by atoms with Crippen molar-refractivity contribution >= 4 is 11.4 Å². The second-order valence-corrected chi connectivity index (χ2v) is 5.29. The van der Waals surface area contributed by atoms with Crippen LogP contribution in [0.5, 0.6) is 5.75 Å². The molecule has 0 bridgehead atoms. The average Bonchev–Trinajstić information content (AvgIpc) is 3.00. The summed E-state index contributed by atoms with van der Waals surface area (Å²) in [6.45, 7) is 3.66. The lowest BCUT2D eigenvalue weighted by Crippen LogP contribution is -2.22. The van der Waals surface area contributed by atoms with E-state index in [9.17, 15) is 0 Å². The molecule has 1 saturated heterocycles. The van der Waals surface area contributed by atoms with Crippen molar-refractivity contribution in [3.05, 3.63) is 48.3 Å². The summed E-state index contributed by atoms with van der Waals surface area (Å²) in [5.74, 6) is 0.773. The summed E-state index contributed by atoms with van der Waals surface area (Å²) >= 11 is 0. The van der Waals surface area contributed by atoms with Crippen LogP contribution in [0.15, 0.2) is 42.7 Å². The molecule has 1 atom stereocenters. The fourth-order valence-corrected chi connectivity index (χ4v) is 2.99. The second kappa shape index (κ2) is 6.04. The Bertz CT molecular complexity index is 600. The number of nitrogens with zero attached hydrogens (tertiary/aromatic N) is 2. The first kappa shape index (κ1) is 13.7. The Balaban J connectivity index is 1.90. The van der Waals surface area contributed by atoms with E-state index in [0.717, 1.165) is 12.3 Å². The summed E-state index contributed by atoms with van der Waals surface area (Å²) in [5.41, 5.74) is 9.15. The zero-order valence-electron chi connectivity index (χ0n) is 12.3. The average molecular weight is 283 g/mol. The van der Waals surface area contributed by atoms with Crippen LogP contribution >= 0.6 is 0 Å². The number of rotatable bonds is 4. The highest BCUT2D eigenvalue weighted by Gasteiger charge is 2.26. The van der Waals surface area contributed by atoms with E-state index < -0.39 is 0 Å². The number of aromatic nitrogens is 1. The van der Waals surface area contributed by atoms with Gasteiger partial charge in [-0.1, -0.05) is 0 Å². The Morgan fingerprint density at radius 1 is 1.29 bits per heavy atom. The lowest BCUT2D eigenvalue weighted by atomic mass is 10.1. The SMILES string of the molecule is CCOc1cc(N2CCCC2c2ccncc2)ccc1N. The number of ether oxygens (including phenoxy) is 1. The minimum Gasteiger partial charge on any atom is -0.492 e. The van der Waals surface area contributed by atoms with Crippen LogP contribution in [0.2, 0.25) is 0 Å². The Kier molecular flexibility index (Phi) is 3.95. The van der Waals surface area contributed by atoms with Crippen LogP contribution in [0.4, 0.5) is 11.4 Å². The van der Waals surface area contributed by atoms with Crippen molar-refractivity contribution in [2.75, 3.05) is 23.8 Å². The summed E-state index contributed by atoms with van der Waals surface area (Å²) in [4.78, 5) is 6.54. The predicted octanol–water partition coefficient (Wildman–Crippen LogP) is 3.40. The van der Waals surface area contributed by atoms with Crippen molar-refractivity contribution in [3.8, 4) is 5.75 Å². The van der Waals surface area contributed by atoms with Gasteiger partial charge in [-0.05, 0) is 49.6 Å². The van der Waals surface area contributed by atoms with Gasteiger partial charge >= 0.3 is 0 Å². The summed E-state index contributed by atoms with van der Waals surface area (Å²) in [6.07, 6.45) is 6.08. The maximum Gasteiger partial charge on any atom is 0.144 e. The van der Waals surface area contributed by atoms with Gasteiger partial charge in [0.2, 0.25) is 0 Å². The Hall–Kier alpha value is -2.23. The highest BCUT2D eigenvalue weighted by atomic mass is 16.5. The normalized spacial score (nSPS) is 18.0. The fraction of sp³-hybridized carbons (Fsp3) is 0.353. The molecule has 1 aromatic carbocycles. The van der Waals surface area contributed by atoms with E-state index in [1.54, 1.807) is 0 Å². The minimum absolute atomic E-state index is 0.408. The summed E-state index contributed by atoms with van der Waals surface area (Å²) in [7, 11) is 0. The van der Waals surface area contributed by atoms with Crippen LogP contribution in [-0.4, -0.2) is 18.1 Å². The van der Waals surface area contributed by atoms with Crippen LogP contribution in [0.25, 0.3) is 0 Å². The van der Waals surface area contributed by atoms with Gasteiger partial charge in [0.25, 0.3) is 0 Å². The quantitative estimate of drug-likeness (QED) is 0.874. The molecule has 1 aromatic heterocycles. The van der Waals surface area contributed by atoms with Crippen LogP contribution in [0.1, 0.15) is 31.4 Å². The molecule has 2 N–H and O–H groups in total. The molecule has 0 amide bonds. The van der Waals surface area contributed by atoms with Crippen molar-refractivity contribution < 1.29 is 4.74 Å². The standard InChI is InChI=1S/C17H21N3O/c1-2-21-17-12-14(5-6-15(17)18)20-11-3-4-16(20)13-7-9-19-10-8-13/h5-10,12,16H,2-4,11,18H2,1H3. The highest BCUT2D eigenvalue weighted by Crippen LogP contribution is 2.38. The monoisotopic (exact) mass is 283 g/mol. The van der Waals surface area contributed by atoms with Crippen molar-refractivity contribution in [2.45, 2.75) is 25.8 Å². The third-order valence-corrected chi connectivity index (χ3v) is 3.97. The summed E-state index contributed by atoms with van der Waals surface area (Å²) < 4.78 is 5.62. The highest BCUT2D eigenvalue weighted by molar-refractivity contribution is 5.63. The minimum atomic E-state index is 0.408.